The summed E-state index contributed by atoms with van der Waals surface area (Å²) >= 11 is 1.62. The van der Waals surface area contributed by atoms with Crippen molar-refractivity contribution in [2.75, 3.05) is 26.2 Å². The lowest BCUT2D eigenvalue weighted by molar-refractivity contribution is 0.0949. The molecule has 0 saturated carbocycles. The second-order valence-electron chi connectivity index (χ2n) is 7.42. The number of thioether (sulfide) groups is 1. The average molecular weight is 419 g/mol. The van der Waals surface area contributed by atoms with Crippen molar-refractivity contribution in [1.82, 2.24) is 20.4 Å². The van der Waals surface area contributed by atoms with Crippen LogP contribution in [0, 0.1) is 0 Å². The van der Waals surface area contributed by atoms with Gasteiger partial charge < -0.3 is 10.2 Å². The van der Waals surface area contributed by atoms with Crippen molar-refractivity contribution >= 4 is 17.7 Å². The Morgan fingerprint density at radius 1 is 0.967 bits per heavy atom. The fraction of sp³-hybridized carbons (Fsp3) is 0.292. The Hall–Kier alpha value is -2.70. The summed E-state index contributed by atoms with van der Waals surface area (Å²) in [5, 5.41) is 12.6. The van der Waals surface area contributed by atoms with E-state index >= 15 is 0 Å². The van der Waals surface area contributed by atoms with Crippen molar-refractivity contribution in [3.63, 3.8) is 0 Å². The number of nitrogens with one attached hydrogen (secondary N) is 1. The first-order chi connectivity index (χ1) is 14.8. The number of nitrogens with zero attached hydrogens (tertiary/aromatic N) is 3. The molecule has 3 aromatic rings. The Morgan fingerprint density at radius 2 is 1.80 bits per heavy atom. The molecule has 154 valence electrons. The van der Waals surface area contributed by atoms with Gasteiger partial charge in [0.15, 0.2) is 0 Å². The third-order valence-corrected chi connectivity index (χ3v) is 6.19. The van der Waals surface area contributed by atoms with Crippen LogP contribution in [0.2, 0.25) is 0 Å². The number of carbonyl (C=O) groups is 1. The molecule has 4 rings (SSSR count). The largest absolute Gasteiger partial charge is 0.351 e. The topological polar surface area (TPSA) is 58.1 Å². The number of carbonyl (C=O) groups excluding carboxylic acids is 1. The third-order valence-electron chi connectivity index (χ3n) is 5.20. The van der Waals surface area contributed by atoms with Gasteiger partial charge in [-0.3, -0.25) is 4.79 Å². The summed E-state index contributed by atoms with van der Waals surface area (Å²) in [7, 11) is 0. The molecule has 0 aliphatic carbocycles. The number of amides is 1. The number of hydrogen-bond acceptors (Lipinski definition) is 5. The summed E-state index contributed by atoms with van der Waals surface area (Å²) in [4.78, 5) is 14.9. The second-order valence-corrected chi connectivity index (χ2v) is 8.41. The maximum Gasteiger partial charge on any atom is 0.251 e. The van der Waals surface area contributed by atoms with Gasteiger partial charge in [0.25, 0.3) is 5.91 Å². The van der Waals surface area contributed by atoms with Gasteiger partial charge in [-0.25, -0.2) is 0 Å². The molecule has 0 spiro atoms. The molecule has 1 amide bonds. The maximum absolute atomic E-state index is 12.5. The van der Waals surface area contributed by atoms with Crippen molar-refractivity contribution < 1.29 is 4.79 Å². The molecule has 2 heterocycles. The van der Waals surface area contributed by atoms with Gasteiger partial charge in [0.1, 0.15) is 5.03 Å². The maximum atomic E-state index is 12.5. The zero-order valence-electron chi connectivity index (χ0n) is 17.0. The minimum absolute atomic E-state index is 0.00643. The van der Waals surface area contributed by atoms with Crippen LogP contribution in [0.1, 0.15) is 28.8 Å². The first-order valence-electron chi connectivity index (χ1n) is 10.4. The minimum Gasteiger partial charge on any atom is -0.351 e. The Labute approximate surface area is 181 Å². The van der Waals surface area contributed by atoms with Crippen LogP contribution in [0.25, 0.3) is 11.3 Å². The molecule has 1 aliphatic heterocycles. The van der Waals surface area contributed by atoms with Gasteiger partial charge in [-0.1, -0.05) is 54.2 Å². The lowest BCUT2D eigenvalue weighted by Gasteiger charge is -2.14. The van der Waals surface area contributed by atoms with Gasteiger partial charge in [0.2, 0.25) is 0 Å². The molecule has 0 atom stereocenters. The van der Waals surface area contributed by atoms with Gasteiger partial charge >= 0.3 is 0 Å². The predicted molar refractivity (Wildman–Crippen MR) is 121 cm³/mol. The minimum atomic E-state index is -0.00643. The fourth-order valence-electron chi connectivity index (χ4n) is 3.56. The van der Waals surface area contributed by atoms with Crippen LogP contribution in [0.3, 0.4) is 0 Å². The van der Waals surface area contributed by atoms with Crippen molar-refractivity contribution in [3.8, 4) is 11.3 Å². The Balaban J connectivity index is 1.29. The first kappa shape index (κ1) is 20.6. The lowest BCUT2D eigenvalue weighted by Crippen LogP contribution is -2.33. The van der Waals surface area contributed by atoms with E-state index in [9.17, 15) is 4.79 Å². The number of benzene rings is 2. The molecule has 1 N–H and O–H groups in total. The van der Waals surface area contributed by atoms with Gasteiger partial charge in [0, 0.05) is 30.0 Å². The second kappa shape index (κ2) is 10.4. The summed E-state index contributed by atoms with van der Waals surface area (Å²) in [5.41, 5.74) is 3.73. The molecule has 2 aromatic carbocycles. The lowest BCUT2D eigenvalue weighted by atomic mass is 10.1. The van der Waals surface area contributed by atoms with E-state index in [1.807, 2.05) is 66.7 Å². The average Bonchev–Trinajstić information content (AvgIpc) is 3.32. The van der Waals surface area contributed by atoms with Crippen molar-refractivity contribution in [2.45, 2.75) is 23.6 Å². The Morgan fingerprint density at radius 3 is 2.57 bits per heavy atom. The monoisotopic (exact) mass is 418 g/mol. The van der Waals surface area contributed by atoms with Gasteiger partial charge in [-0.2, -0.15) is 0 Å². The van der Waals surface area contributed by atoms with Crippen molar-refractivity contribution in [2.24, 2.45) is 0 Å². The standard InChI is InChI=1S/C24H26N4OS/c29-24(25-13-16-28-14-4-5-15-28)21-10-6-7-19(17-21)18-30-23-12-11-22(26-27-23)20-8-2-1-3-9-20/h1-3,6-12,17H,4-5,13-16,18H2,(H,25,29). The molecule has 0 radical (unpaired) electrons. The van der Waals surface area contributed by atoms with Crippen LogP contribution in [0.4, 0.5) is 0 Å². The van der Waals surface area contributed by atoms with Crippen molar-refractivity contribution in [3.05, 3.63) is 77.9 Å². The van der Waals surface area contributed by atoms with Gasteiger partial charge in [-0.15, -0.1) is 10.2 Å². The number of aromatic nitrogens is 2. The van der Waals surface area contributed by atoms with Crippen LogP contribution < -0.4 is 5.32 Å². The van der Waals surface area contributed by atoms with E-state index in [0.717, 1.165) is 47.2 Å². The highest BCUT2D eigenvalue weighted by atomic mass is 32.2. The molecule has 30 heavy (non-hydrogen) atoms. The number of likely N-dealkylation sites (tertiary alicyclic amines) is 1. The predicted octanol–water partition coefficient (Wildman–Crippen LogP) is 4.26. The normalized spacial score (nSPS) is 14.0. The van der Waals surface area contributed by atoms with E-state index in [2.05, 4.69) is 20.4 Å². The van der Waals surface area contributed by atoms with E-state index in [4.69, 9.17) is 0 Å². The molecule has 5 nitrogen and oxygen atoms in total. The van der Waals surface area contributed by atoms with Gasteiger partial charge in [-0.05, 0) is 55.8 Å². The zero-order chi connectivity index (χ0) is 20.6. The van der Waals surface area contributed by atoms with E-state index in [1.54, 1.807) is 11.8 Å². The molecular weight excluding hydrogens is 392 g/mol. The van der Waals surface area contributed by atoms with Crippen LogP contribution in [-0.2, 0) is 5.75 Å². The van der Waals surface area contributed by atoms with E-state index in [0.29, 0.717) is 12.1 Å². The van der Waals surface area contributed by atoms with Gasteiger partial charge in [0.05, 0.1) is 5.69 Å². The Bertz CT molecular complexity index is 956. The summed E-state index contributed by atoms with van der Waals surface area (Å²) in [6.07, 6.45) is 2.54. The summed E-state index contributed by atoms with van der Waals surface area (Å²) in [5.74, 6) is 0.738. The molecule has 0 bridgehead atoms. The van der Waals surface area contributed by atoms with Crippen LogP contribution in [-0.4, -0.2) is 47.2 Å². The molecule has 6 heteroatoms. The van der Waals surface area contributed by atoms with E-state index in [1.165, 1.54) is 12.8 Å². The highest BCUT2D eigenvalue weighted by molar-refractivity contribution is 7.98. The highest BCUT2D eigenvalue weighted by Gasteiger charge is 2.12. The number of rotatable bonds is 8. The van der Waals surface area contributed by atoms with E-state index in [-0.39, 0.29) is 5.91 Å². The zero-order valence-corrected chi connectivity index (χ0v) is 17.8. The van der Waals surface area contributed by atoms with Crippen LogP contribution in [0.15, 0.2) is 71.8 Å². The van der Waals surface area contributed by atoms with Crippen molar-refractivity contribution in [1.29, 1.82) is 0 Å². The molecular formula is C24H26N4OS. The van der Waals surface area contributed by atoms with Crippen LogP contribution >= 0.6 is 11.8 Å². The summed E-state index contributed by atoms with van der Waals surface area (Å²) in [6.45, 7) is 3.93. The summed E-state index contributed by atoms with van der Waals surface area (Å²) < 4.78 is 0. The molecule has 1 saturated heterocycles. The molecule has 1 fully saturated rings. The SMILES string of the molecule is O=C(NCCN1CCCC1)c1cccc(CSc2ccc(-c3ccccc3)nn2)c1. The first-order valence-corrected chi connectivity index (χ1v) is 11.4. The quantitative estimate of drug-likeness (QED) is 0.554. The molecule has 1 aliphatic rings. The smallest absolute Gasteiger partial charge is 0.251 e. The molecule has 0 unspecified atom stereocenters. The van der Waals surface area contributed by atoms with E-state index < -0.39 is 0 Å². The third kappa shape index (κ3) is 5.68. The highest BCUT2D eigenvalue weighted by Crippen LogP contribution is 2.23. The fourth-order valence-corrected chi connectivity index (χ4v) is 4.31. The summed E-state index contributed by atoms with van der Waals surface area (Å²) in [6, 6.07) is 21.8. The number of hydrogen-bond donors (Lipinski definition) is 1. The van der Waals surface area contributed by atoms with Crippen LogP contribution in [0.5, 0.6) is 0 Å². The molecule has 1 aromatic heterocycles. The Kier molecular flexibility index (Phi) is 7.11.